The van der Waals surface area contributed by atoms with Gasteiger partial charge in [0.1, 0.15) is 5.82 Å². The van der Waals surface area contributed by atoms with Crippen molar-refractivity contribution in [3.8, 4) is 0 Å². The molecule has 0 saturated carbocycles. The summed E-state index contributed by atoms with van der Waals surface area (Å²) in [5.41, 5.74) is 6.90. The number of nitrogens with zero attached hydrogens (tertiary/aromatic N) is 3. The maximum atomic E-state index is 13.8. The molecule has 0 saturated heterocycles. The van der Waals surface area contributed by atoms with Gasteiger partial charge >= 0.3 is 0 Å². The molecule has 1 aromatic heterocycles. The first-order chi connectivity index (χ1) is 8.02. The Hall–Kier alpha value is -0.980. The Morgan fingerprint density at radius 1 is 1.53 bits per heavy atom. The highest BCUT2D eigenvalue weighted by Gasteiger charge is 2.21. The third-order valence-electron chi connectivity index (χ3n) is 2.44. The molecule has 17 heavy (non-hydrogen) atoms. The van der Waals surface area contributed by atoms with Crippen molar-refractivity contribution < 1.29 is 4.39 Å². The Morgan fingerprint density at radius 2 is 2.24 bits per heavy atom. The van der Waals surface area contributed by atoms with Crippen LogP contribution in [0.1, 0.15) is 17.3 Å². The van der Waals surface area contributed by atoms with Gasteiger partial charge in [-0.1, -0.05) is 28.9 Å². The minimum absolute atomic E-state index is 0.0456. The molecule has 0 aliphatic carbocycles. The van der Waals surface area contributed by atoms with Crippen molar-refractivity contribution in [2.75, 3.05) is 0 Å². The van der Waals surface area contributed by atoms with Crippen LogP contribution in [0.25, 0.3) is 0 Å². The Labute approximate surface area is 111 Å². The molecule has 7 heteroatoms. The molecule has 2 aromatic rings. The minimum Gasteiger partial charge on any atom is -0.319 e. The van der Waals surface area contributed by atoms with Gasteiger partial charge in [0.2, 0.25) is 0 Å². The van der Waals surface area contributed by atoms with Gasteiger partial charge in [0.25, 0.3) is 0 Å². The summed E-state index contributed by atoms with van der Waals surface area (Å²) in [7, 11) is 1.69. The monoisotopic (exact) mass is 318 g/mol. The fraction of sp³-hybridized carbons (Fsp3) is 0.200. The number of benzene rings is 1. The largest absolute Gasteiger partial charge is 0.319 e. The molecule has 4 nitrogen and oxygen atoms in total. The fourth-order valence-electron chi connectivity index (χ4n) is 1.58. The minimum atomic E-state index is -0.678. The van der Waals surface area contributed by atoms with Crippen molar-refractivity contribution in [1.29, 1.82) is 0 Å². The van der Waals surface area contributed by atoms with Crippen LogP contribution in [0, 0.1) is 5.82 Å². The van der Waals surface area contributed by atoms with Crippen molar-refractivity contribution in [3.63, 3.8) is 0 Å². The molecule has 1 heterocycles. The van der Waals surface area contributed by atoms with Crippen molar-refractivity contribution >= 4 is 27.5 Å². The van der Waals surface area contributed by atoms with Gasteiger partial charge in [-0.3, -0.25) is 0 Å². The molecule has 1 aromatic carbocycles. The van der Waals surface area contributed by atoms with Crippen LogP contribution in [0.15, 0.2) is 22.8 Å². The highest BCUT2D eigenvalue weighted by atomic mass is 79.9. The molecule has 0 aliphatic heterocycles. The third-order valence-corrected chi connectivity index (χ3v) is 3.29. The predicted molar refractivity (Wildman–Crippen MR) is 66.1 cm³/mol. The third kappa shape index (κ3) is 2.20. The number of hydrogen-bond acceptors (Lipinski definition) is 3. The van der Waals surface area contributed by atoms with Gasteiger partial charge < -0.3 is 5.73 Å². The molecule has 0 amide bonds. The molecular weight excluding hydrogens is 310 g/mol. The number of hydrogen-bond donors (Lipinski definition) is 1. The molecule has 1 atom stereocenters. The van der Waals surface area contributed by atoms with E-state index in [-0.39, 0.29) is 5.02 Å². The van der Waals surface area contributed by atoms with Gasteiger partial charge in [-0.05, 0) is 22.0 Å². The Balaban J connectivity index is 2.51. The molecule has 0 spiro atoms. The average Bonchev–Trinajstić information content (AvgIpc) is 2.62. The van der Waals surface area contributed by atoms with Gasteiger partial charge in [0, 0.05) is 12.6 Å². The SMILES string of the molecule is Cn1nnc(Br)c1C(N)c1cccc(Cl)c1F. The normalized spacial score (nSPS) is 12.8. The molecule has 0 fully saturated rings. The zero-order valence-electron chi connectivity index (χ0n) is 8.86. The van der Waals surface area contributed by atoms with Crippen LogP contribution in [0.2, 0.25) is 5.02 Å². The fourth-order valence-corrected chi connectivity index (χ4v) is 2.33. The number of rotatable bonds is 2. The summed E-state index contributed by atoms with van der Waals surface area (Å²) in [4.78, 5) is 0. The zero-order chi connectivity index (χ0) is 12.6. The van der Waals surface area contributed by atoms with Crippen LogP contribution in [0.3, 0.4) is 0 Å². The smallest absolute Gasteiger partial charge is 0.153 e. The molecule has 0 radical (unpaired) electrons. The lowest BCUT2D eigenvalue weighted by Crippen LogP contribution is -2.18. The average molecular weight is 320 g/mol. The zero-order valence-corrected chi connectivity index (χ0v) is 11.2. The summed E-state index contributed by atoms with van der Waals surface area (Å²) in [6, 6.07) is 4.04. The first-order valence-electron chi connectivity index (χ1n) is 4.77. The number of aryl methyl sites for hydroxylation is 1. The lowest BCUT2D eigenvalue weighted by Gasteiger charge is -2.13. The summed E-state index contributed by atoms with van der Waals surface area (Å²) in [5, 5.41) is 7.65. The first kappa shape index (κ1) is 12.5. The maximum Gasteiger partial charge on any atom is 0.153 e. The summed E-state index contributed by atoms with van der Waals surface area (Å²) in [6.45, 7) is 0. The summed E-state index contributed by atoms with van der Waals surface area (Å²) in [5.74, 6) is -0.519. The van der Waals surface area contributed by atoms with Crippen molar-refractivity contribution in [1.82, 2.24) is 15.0 Å². The second-order valence-corrected chi connectivity index (χ2v) is 4.67. The van der Waals surface area contributed by atoms with E-state index in [1.165, 1.54) is 10.7 Å². The lowest BCUT2D eigenvalue weighted by molar-refractivity contribution is 0.584. The topological polar surface area (TPSA) is 56.7 Å². The van der Waals surface area contributed by atoms with E-state index in [9.17, 15) is 4.39 Å². The summed E-state index contributed by atoms with van der Waals surface area (Å²) < 4.78 is 15.8. The van der Waals surface area contributed by atoms with Crippen LogP contribution in [0.5, 0.6) is 0 Å². The summed E-state index contributed by atoms with van der Waals surface area (Å²) in [6.07, 6.45) is 0. The van der Waals surface area contributed by atoms with E-state index in [4.69, 9.17) is 17.3 Å². The Kier molecular flexibility index (Phi) is 3.46. The molecule has 1 unspecified atom stereocenters. The highest BCUT2D eigenvalue weighted by molar-refractivity contribution is 9.10. The van der Waals surface area contributed by atoms with Crippen LogP contribution in [0.4, 0.5) is 4.39 Å². The maximum absolute atomic E-state index is 13.8. The molecule has 2 N–H and O–H groups in total. The Morgan fingerprint density at radius 3 is 2.82 bits per heavy atom. The van der Waals surface area contributed by atoms with Gasteiger partial charge in [0.15, 0.2) is 4.60 Å². The van der Waals surface area contributed by atoms with E-state index in [0.29, 0.717) is 15.9 Å². The van der Waals surface area contributed by atoms with Crippen LogP contribution >= 0.6 is 27.5 Å². The van der Waals surface area contributed by atoms with Crippen LogP contribution in [-0.2, 0) is 7.05 Å². The molecule has 0 aliphatic rings. The second-order valence-electron chi connectivity index (χ2n) is 3.51. The molecule has 0 bridgehead atoms. The quantitative estimate of drug-likeness (QED) is 0.925. The van der Waals surface area contributed by atoms with Crippen molar-refractivity contribution in [2.24, 2.45) is 12.8 Å². The summed E-state index contributed by atoms with van der Waals surface area (Å²) >= 11 is 8.95. The van der Waals surface area contributed by atoms with E-state index >= 15 is 0 Å². The number of halogens is 3. The molecule has 2 rings (SSSR count). The highest BCUT2D eigenvalue weighted by Crippen LogP contribution is 2.28. The van der Waals surface area contributed by atoms with E-state index in [1.807, 2.05) is 0 Å². The first-order valence-corrected chi connectivity index (χ1v) is 5.94. The Bertz CT molecular complexity index is 538. The van der Waals surface area contributed by atoms with Gasteiger partial charge in [-0.15, -0.1) is 5.10 Å². The van der Waals surface area contributed by atoms with Crippen LogP contribution < -0.4 is 5.73 Å². The van der Waals surface area contributed by atoms with Gasteiger partial charge in [-0.25, -0.2) is 9.07 Å². The van der Waals surface area contributed by atoms with E-state index in [1.54, 1.807) is 19.2 Å². The molecule has 90 valence electrons. The standard InChI is InChI=1S/C10H9BrClFN4/c1-17-9(10(11)15-16-17)8(14)5-3-2-4-6(12)7(5)13/h2-4,8H,14H2,1H3. The number of aromatic nitrogens is 3. The van der Waals surface area contributed by atoms with E-state index in [2.05, 4.69) is 26.2 Å². The number of nitrogens with two attached hydrogens (primary N) is 1. The lowest BCUT2D eigenvalue weighted by atomic mass is 10.0. The van der Waals surface area contributed by atoms with Gasteiger partial charge in [-0.2, -0.15) is 0 Å². The van der Waals surface area contributed by atoms with Crippen LogP contribution in [-0.4, -0.2) is 15.0 Å². The van der Waals surface area contributed by atoms with E-state index < -0.39 is 11.9 Å². The van der Waals surface area contributed by atoms with Gasteiger partial charge in [0.05, 0.1) is 16.8 Å². The molecular formula is C10H9BrClFN4. The predicted octanol–water partition coefficient (Wildman–Crippen LogP) is 2.42. The van der Waals surface area contributed by atoms with Crippen molar-refractivity contribution in [2.45, 2.75) is 6.04 Å². The van der Waals surface area contributed by atoms with E-state index in [0.717, 1.165) is 0 Å². The van der Waals surface area contributed by atoms with Crippen molar-refractivity contribution in [3.05, 3.63) is 44.9 Å². The second kappa shape index (κ2) is 4.72.